The monoisotopic (exact) mass is 285 g/mol. The number of hydrogen-bond acceptors (Lipinski definition) is 4. The van der Waals surface area contributed by atoms with Gasteiger partial charge in [0, 0.05) is 12.1 Å². The molecule has 0 saturated carbocycles. The summed E-state index contributed by atoms with van der Waals surface area (Å²) in [4.78, 5) is 35.6. The molecule has 5 N–H and O–H groups in total. The van der Waals surface area contributed by atoms with E-state index >= 15 is 0 Å². The molecule has 2 unspecified atom stereocenters. The van der Waals surface area contributed by atoms with Crippen molar-refractivity contribution >= 4 is 17.9 Å². The van der Waals surface area contributed by atoms with Crippen LogP contribution in [-0.4, -0.2) is 57.3 Å². The minimum Gasteiger partial charge on any atom is -0.480 e. The molecule has 20 heavy (non-hydrogen) atoms. The molecule has 2 fully saturated rings. The molecule has 0 spiro atoms. The molecule has 0 aliphatic carbocycles. The number of hydrogen-bond donors (Lipinski definition) is 4. The quantitative estimate of drug-likeness (QED) is 0.526. The Kier molecular flexibility index (Phi) is 4.12. The van der Waals surface area contributed by atoms with E-state index in [0.29, 0.717) is 12.8 Å². The molecule has 2 heterocycles. The highest BCUT2D eigenvalue weighted by Gasteiger charge is 2.43. The molecule has 0 aromatic carbocycles. The lowest BCUT2D eigenvalue weighted by Crippen LogP contribution is -2.55. The molecule has 112 valence electrons. The fourth-order valence-corrected chi connectivity index (χ4v) is 3.10. The molecule has 0 aromatic heterocycles. The van der Waals surface area contributed by atoms with Gasteiger partial charge in [-0.05, 0) is 25.7 Å². The number of carbonyl (C=O) groups is 3. The van der Waals surface area contributed by atoms with Crippen molar-refractivity contribution in [3.8, 4) is 0 Å². The van der Waals surface area contributed by atoms with Gasteiger partial charge >= 0.3 is 12.0 Å². The number of carboxylic acid groups (broad SMARTS) is 1. The van der Waals surface area contributed by atoms with Crippen molar-refractivity contribution in [2.24, 2.45) is 5.73 Å². The maximum absolute atomic E-state index is 12.2. The molecule has 8 nitrogen and oxygen atoms in total. The van der Waals surface area contributed by atoms with Gasteiger partial charge in [0.05, 0.1) is 12.5 Å². The Bertz CT molecular complexity index is 413. The van der Waals surface area contributed by atoms with Crippen LogP contribution in [0.4, 0.5) is 4.79 Å². The summed E-state index contributed by atoms with van der Waals surface area (Å²) >= 11 is 0. The molecule has 2 saturated heterocycles. The standard InChI is InChI=1S/C12H19N3O5/c13-10(17)5-9(11(18)19)14-12(20)15-6-1-2-7(15)4-8(16)3-6/h6-9,16H,1-5H2,(H2,13,17)(H,14,20)(H,18,19)/t6?,7?,8?,9-/m0/s1. The number of rotatable bonds is 4. The second-order valence-electron chi connectivity index (χ2n) is 5.43. The van der Waals surface area contributed by atoms with E-state index in [2.05, 4.69) is 5.32 Å². The number of primary amides is 1. The summed E-state index contributed by atoms with van der Waals surface area (Å²) in [5, 5.41) is 21.0. The first-order valence-corrected chi connectivity index (χ1v) is 6.66. The zero-order chi connectivity index (χ0) is 14.9. The number of nitrogens with one attached hydrogen (secondary N) is 1. The Morgan fingerprint density at radius 2 is 1.80 bits per heavy atom. The number of nitrogens with zero attached hydrogens (tertiary/aromatic N) is 1. The van der Waals surface area contributed by atoms with Crippen LogP contribution < -0.4 is 11.1 Å². The maximum Gasteiger partial charge on any atom is 0.326 e. The number of carbonyl (C=O) groups excluding carboxylic acids is 2. The highest BCUT2D eigenvalue weighted by atomic mass is 16.4. The SMILES string of the molecule is NC(=O)C[C@H](NC(=O)N1C2CCC1CC(O)C2)C(=O)O. The van der Waals surface area contributed by atoms with Gasteiger partial charge < -0.3 is 26.2 Å². The van der Waals surface area contributed by atoms with Gasteiger partial charge in [0.2, 0.25) is 5.91 Å². The van der Waals surface area contributed by atoms with Gasteiger partial charge in [-0.15, -0.1) is 0 Å². The maximum atomic E-state index is 12.2. The minimum atomic E-state index is -1.31. The fourth-order valence-electron chi connectivity index (χ4n) is 3.10. The van der Waals surface area contributed by atoms with Gasteiger partial charge in [0.1, 0.15) is 6.04 Å². The zero-order valence-electron chi connectivity index (χ0n) is 11.0. The number of urea groups is 1. The summed E-state index contributed by atoms with van der Waals surface area (Å²) in [5.41, 5.74) is 4.97. The summed E-state index contributed by atoms with van der Waals surface area (Å²) < 4.78 is 0. The molecule has 0 aromatic rings. The van der Waals surface area contributed by atoms with E-state index < -0.39 is 36.5 Å². The summed E-state index contributed by atoms with van der Waals surface area (Å²) in [6.45, 7) is 0. The number of amides is 3. The van der Waals surface area contributed by atoms with E-state index in [1.807, 2.05) is 0 Å². The normalized spacial score (nSPS) is 29.9. The Hall–Kier alpha value is -1.83. The highest BCUT2D eigenvalue weighted by molar-refractivity contribution is 5.87. The van der Waals surface area contributed by atoms with Crippen LogP contribution in [0.3, 0.4) is 0 Å². The molecule has 2 aliphatic rings. The van der Waals surface area contributed by atoms with E-state index in [4.69, 9.17) is 10.8 Å². The molecule has 3 atom stereocenters. The van der Waals surface area contributed by atoms with Crippen LogP contribution in [0.2, 0.25) is 0 Å². The van der Waals surface area contributed by atoms with Crippen molar-refractivity contribution in [2.75, 3.05) is 0 Å². The second-order valence-corrected chi connectivity index (χ2v) is 5.43. The predicted molar refractivity (Wildman–Crippen MR) is 67.7 cm³/mol. The first-order chi connectivity index (χ1) is 9.38. The van der Waals surface area contributed by atoms with E-state index in [9.17, 15) is 19.5 Å². The van der Waals surface area contributed by atoms with Crippen LogP contribution in [0.5, 0.6) is 0 Å². The predicted octanol–water partition coefficient (Wildman–Crippen LogP) is -0.988. The molecule has 2 bridgehead atoms. The van der Waals surface area contributed by atoms with Crippen molar-refractivity contribution in [1.82, 2.24) is 10.2 Å². The average Bonchev–Trinajstić information content (AvgIpc) is 2.60. The molecule has 3 amide bonds. The summed E-state index contributed by atoms with van der Waals surface area (Å²) in [7, 11) is 0. The van der Waals surface area contributed by atoms with Crippen LogP contribution in [0.15, 0.2) is 0 Å². The van der Waals surface area contributed by atoms with Crippen molar-refractivity contribution in [3.05, 3.63) is 0 Å². The summed E-state index contributed by atoms with van der Waals surface area (Å²) in [6, 6.07) is -1.94. The number of aliphatic hydroxyl groups excluding tert-OH is 1. The Morgan fingerprint density at radius 3 is 2.25 bits per heavy atom. The van der Waals surface area contributed by atoms with Gasteiger partial charge in [-0.2, -0.15) is 0 Å². The number of aliphatic hydroxyl groups is 1. The highest BCUT2D eigenvalue weighted by Crippen LogP contribution is 2.35. The molecule has 2 aliphatic heterocycles. The van der Waals surface area contributed by atoms with E-state index in [0.717, 1.165) is 12.8 Å². The smallest absolute Gasteiger partial charge is 0.326 e. The largest absolute Gasteiger partial charge is 0.480 e. The van der Waals surface area contributed by atoms with E-state index in [1.165, 1.54) is 0 Å². The van der Waals surface area contributed by atoms with Gasteiger partial charge in [-0.1, -0.05) is 0 Å². The third-order valence-electron chi connectivity index (χ3n) is 3.94. The first-order valence-electron chi connectivity index (χ1n) is 6.66. The van der Waals surface area contributed by atoms with Gasteiger partial charge in [0.15, 0.2) is 0 Å². The number of nitrogens with two attached hydrogens (primary N) is 1. The van der Waals surface area contributed by atoms with Gasteiger partial charge in [0.25, 0.3) is 0 Å². The third kappa shape index (κ3) is 3.01. The van der Waals surface area contributed by atoms with Crippen LogP contribution in [0.25, 0.3) is 0 Å². The van der Waals surface area contributed by atoms with Crippen LogP contribution in [-0.2, 0) is 9.59 Å². The van der Waals surface area contributed by atoms with Crippen molar-refractivity contribution in [2.45, 2.75) is 56.3 Å². The Balaban J connectivity index is 2.00. The van der Waals surface area contributed by atoms with Crippen LogP contribution >= 0.6 is 0 Å². The Labute approximate surface area is 115 Å². The van der Waals surface area contributed by atoms with Crippen molar-refractivity contribution < 1.29 is 24.6 Å². The molecular weight excluding hydrogens is 266 g/mol. The second kappa shape index (κ2) is 5.66. The third-order valence-corrected chi connectivity index (χ3v) is 3.94. The van der Waals surface area contributed by atoms with Gasteiger partial charge in [-0.3, -0.25) is 4.79 Å². The number of aliphatic carboxylic acids is 1. The number of fused-ring (bicyclic) bond motifs is 2. The fraction of sp³-hybridized carbons (Fsp3) is 0.750. The number of piperidine rings is 1. The zero-order valence-corrected chi connectivity index (χ0v) is 11.0. The average molecular weight is 285 g/mol. The lowest BCUT2D eigenvalue weighted by atomic mass is 10.0. The lowest BCUT2D eigenvalue weighted by Gasteiger charge is -2.37. The lowest BCUT2D eigenvalue weighted by molar-refractivity contribution is -0.141. The minimum absolute atomic E-state index is 0.0632. The van der Waals surface area contributed by atoms with Crippen molar-refractivity contribution in [3.63, 3.8) is 0 Å². The van der Waals surface area contributed by atoms with Crippen LogP contribution in [0, 0.1) is 0 Å². The summed E-state index contributed by atoms with van der Waals surface area (Å²) in [6.07, 6.45) is 1.80. The molecule has 0 radical (unpaired) electrons. The molecular formula is C12H19N3O5. The first kappa shape index (κ1) is 14.6. The van der Waals surface area contributed by atoms with Crippen molar-refractivity contribution in [1.29, 1.82) is 0 Å². The van der Waals surface area contributed by atoms with Crippen LogP contribution in [0.1, 0.15) is 32.1 Å². The molecule has 8 heteroatoms. The van der Waals surface area contributed by atoms with E-state index in [-0.39, 0.29) is 12.1 Å². The topological polar surface area (TPSA) is 133 Å². The summed E-state index contributed by atoms with van der Waals surface area (Å²) in [5.74, 6) is -2.07. The van der Waals surface area contributed by atoms with E-state index in [1.54, 1.807) is 4.90 Å². The number of carboxylic acids is 1. The Morgan fingerprint density at radius 1 is 1.25 bits per heavy atom. The molecule has 2 rings (SSSR count). The van der Waals surface area contributed by atoms with Gasteiger partial charge in [-0.25, -0.2) is 9.59 Å².